The van der Waals surface area contributed by atoms with Gasteiger partial charge in [-0.1, -0.05) is 20.3 Å². The minimum atomic E-state index is -1.02. The van der Waals surface area contributed by atoms with Crippen molar-refractivity contribution >= 4 is 5.78 Å². The second-order valence-electron chi connectivity index (χ2n) is 3.79. The van der Waals surface area contributed by atoms with Crippen molar-refractivity contribution < 1.29 is 15.0 Å². The van der Waals surface area contributed by atoms with Crippen molar-refractivity contribution in [2.75, 3.05) is 0 Å². The quantitative estimate of drug-likeness (QED) is 0.626. The highest BCUT2D eigenvalue weighted by Crippen LogP contribution is 2.25. The Hall–Kier alpha value is -0.870. The van der Waals surface area contributed by atoms with Crippen LogP contribution in [0, 0.1) is 5.92 Å². The second kappa shape index (κ2) is 4.11. The smallest absolute Gasteiger partial charge is 0.163 e. The van der Waals surface area contributed by atoms with Crippen LogP contribution >= 0.6 is 0 Å². The van der Waals surface area contributed by atoms with Gasteiger partial charge in [-0.05, 0) is 12.8 Å². The summed E-state index contributed by atoms with van der Waals surface area (Å²) in [4.78, 5) is 11.1. The summed E-state index contributed by atoms with van der Waals surface area (Å²) in [6.07, 6.45) is -0.147. The maximum Gasteiger partial charge on any atom is 0.163 e. The molecule has 1 aliphatic rings. The van der Waals surface area contributed by atoms with Crippen LogP contribution in [0.5, 0.6) is 0 Å². The Bertz CT molecular complexity index is 273. The van der Waals surface area contributed by atoms with Crippen molar-refractivity contribution in [3.05, 3.63) is 11.3 Å². The number of Topliss-reactive ketones (excluding diaryl/α,β-unsaturated/α-hetero) is 1. The molecule has 4 nitrogen and oxygen atoms in total. The summed E-state index contributed by atoms with van der Waals surface area (Å²) in [5, 5.41) is 22.0. The van der Waals surface area contributed by atoms with Gasteiger partial charge in [-0.3, -0.25) is 10.1 Å². The van der Waals surface area contributed by atoms with Gasteiger partial charge in [0.1, 0.15) is 12.0 Å². The van der Waals surface area contributed by atoms with E-state index in [2.05, 4.69) is 5.32 Å². The highest BCUT2D eigenvalue weighted by atomic mass is 16.3. The molecule has 14 heavy (non-hydrogen) atoms. The molecule has 1 heterocycles. The lowest BCUT2D eigenvalue weighted by Gasteiger charge is -2.18. The average molecular weight is 199 g/mol. The maximum atomic E-state index is 11.1. The van der Waals surface area contributed by atoms with Crippen molar-refractivity contribution in [3.63, 3.8) is 0 Å². The standard InChI is InChI=1S/C10H17NO3/c1-4-5(2)8-9(13)7(6(3)12)10(14)11-8/h5,8,10-11,13-14H,4H2,1-3H3. The molecule has 0 amide bonds. The van der Waals surface area contributed by atoms with Gasteiger partial charge in [0.25, 0.3) is 0 Å². The molecule has 0 saturated carbocycles. The average Bonchev–Trinajstić information content (AvgIpc) is 2.40. The van der Waals surface area contributed by atoms with Crippen LogP contribution in [0.4, 0.5) is 0 Å². The van der Waals surface area contributed by atoms with E-state index in [0.29, 0.717) is 0 Å². The van der Waals surface area contributed by atoms with Crippen LogP contribution < -0.4 is 5.32 Å². The van der Waals surface area contributed by atoms with Crippen molar-refractivity contribution in [2.24, 2.45) is 5.92 Å². The molecule has 0 aliphatic carbocycles. The maximum absolute atomic E-state index is 11.1. The van der Waals surface area contributed by atoms with Crippen LogP contribution in [0.3, 0.4) is 0 Å². The number of carbonyl (C=O) groups excluding carboxylic acids is 1. The molecule has 3 atom stereocenters. The van der Waals surface area contributed by atoms with Crippen LogP contribution in [0.1, 0.15) is 27.2 Å². The van der Waals surface area contributed by atoms with E-state index < -0.39 is 6.23 Å². The lowest BCUT2D eigenvalue weighted by Crippen LogP contribution is -2.37. The van der Waals surface area contributed by atoms with Crippen molar-refractivity contribution in [1.82, 2.24) is 5.32 Å². The molecular weight excluding hydrogens is 182 g/mol. The lowest BCUT2D eigenvalue weighted by atomic mass is 9.97. The number of ketones is 1. The van der Waals surface area contributed by atoms with Crippen LogP contribution in [-0.4, -0.2) is 28.3 Å². The molecule has 0 radical (unpaired) electrons. The molecule has 80 valence electrons. The Morgan fingerprint density at radius 3 is 2.57 bits per heavy atom. The third kappa shape index (κ3) is 1.81. The van der Waals surface area contributed by atoms with Crippen LogP contribution in [-0.2, 0) is 4.79 Å². The van der Waals surface area contributed by atoms with Crippen molar-refractivity contribution in [1.29, 1.82) is 0 Å². The normalized spacial score (nSPS) is 29.4. The number of carbonyl (C=O) groups is 1. The first-order valence-corrected chi connectivity index (χ1v) is 4.87. The number of nitrogens with one attached hydrogen (secondary N) is 1. The number of aliphatic hydroxyl groups excluding tert-OH is 2. The highest BCUT2D eigenvalue weighted by molar-refractivity contribution is 5.95. The van der Waals surface area contributed by atoms with E-state index >= 15 is 0 Å². The molecule has 3 unspecified atom stereocenters. The van der Waals surface area contributed by atoms with E-state index in [1.807, 2.05) is 13.8 Å². The van der Waals surface area contributed by atoms with Gasteiger partial charge < -0.3 is 10.2 Å². The molecule has 0 saturated heterocycles. The van der Waals surface area contributed by atoms with E-state index in [-0.39, 0.29) is 29.1 Å². The number of hydrogen-bond acceptors (Lipinski definition) is 4. The summed E-state index contributed by atoms with van der Waals surface area (Å²) in [6, 6.07) is -0.297. The van der Waals surface area contributed by atoms with Gasteiger partial charge in [0.05, 0.1) is 11.6 Å². The first kappa shape index (κ1) is 11.2. The van der Waals surface area contributed by atoms with Crippen molar-refractivity contribution in [3.8, 4) is 0 Å². The molecule has 4 heteroatoms. The lowest BCUT2D eigenvalue weighted by molar-refractivity contribution is -0.114. The van der Waals surface area contributed by atoms with Gasteiger partial charge >= 0.3 is 0 Å². The summed E-state index contributed by atoms with van der Waals surface area (Å²) >= 11 is 0. The van der Waals surface area contributed by atoms with Crippen molar-refractivity contribution in [2.45, 2.75) is 39.5 Å². The van der Waals surface area contributed by atoms with E-state index in [0.717, 1.165) is 6.42 Å². The van der Waals surface area contributed by atoms with Crippen LogP contribution in [0.15, 0.2) is 11.3 Å². The molecule has 0 aromatic rings. The van der Waals surface area contributed by atoms with Gasteiger partial charge in [-0.15, -0.1) is 0 Å². The molecule has 3 N–H and O–H groups in total. The third-order valence-corrected chi connectivity index (χ3v) is 2.77. The topological polar surface area (TPSA) is 69.6 Å². The van der Waals surface area contributed by atoms with Gasteiger partial charge in [0.15, 0.2) is 5.78 Å². The molecule has 0 fully saturated rings. The first-order chi connectivity index (χ1) is 6.49. The predicted molar refractivity (Wildman–Crippen MR) is 52.7 cm³/mol. The Morgan fingerprint density at radius 2 is 2.21 bits per heavy atom. The Kier molecular flexibility index (Phi) is 3.29. The minimum absolute atomic E-state index is 0.000602. The summed E-state index contributed by atoms with van der Waals surface area (Å²) < 4.78 is 0. The highest BCUT2D eigenvalue weighted by Gasteiger charge is 2.36. The number of hydrogen-bond donors (Lipinski definition) is 3. The Morgan fingerprint density at radius 1 is 1.64 bits per heavy atom. The first-order valence-electron chi connectivity index (χ1n) is 4.87. The van der Waals surface area contributed by atoms with Gasteiger partial charge in [0, 0.05) is 0 Å². The zero-order valence-electron chi connectivity index (χ0n) is 8.74. The summed E-state index contributed by atoms with van der Waals surface area (Å²) in [5.74, 6) is -0.0887. The summed E-state index contributed by atoms with van der Waals surface area (Å²) in [6.45, 7) is 5.30. The van der Waals surface area contributed by atoms with E-state index in [1.54, 1.807) is 0 Å². The molecule has 0 aromatic carbocycles. The minimum Gasteiger partial charge on any atom is -0.510 e. The van der Waals surface area contributed by atoms with Gasteiger partial charge in [0.2, 0.25) is 0 Å². The summed E-state index contributed by atoms with van der Waals surface area (Å²) in [5.41, 5.74) is 0.107. The van der Waals surface area contributed by atoms with E-state index in [1.165, 1.54) is 6.92 Å². The second-order valence-corrected chi connectivity index (χ2v) is 3.79. The zero-order valence-corrected chi connectivity index (χ0v) is 8.74. The molecule has 0 bridgehead atoms. The molecule has 1 rings (SSSR count). The molecule has 1 aliphatic heterocycles. The van der Waals surface area contributed by atoms with Gasteiger partial charge in [-0.25, -0.2) is 0 Å². The van der Waals surface area contributed by atoms with Crippen LogP contribution in [0.25, 0.3) is 0 Å². The third-order valence-electron chi connectivity index (χ3n) is 2.77. The Balaban J connectivity index is 2.92. The zero-order chi connectivity index (χ0) is 10.9. The Labute approximate surface area is 83.6 Å². The van der Waals surface area contributed by atoms with E-state index in [4.69, 9.17) is 0 Å². The molecule has 0 aromatic heterocycles. The fourth-order valence-electron chi connectivity index (χ4n) is 1.68. The SMILES string of the molecule is CCC(C)C1NC(O)C(C(C)=O)=C1O. The predicted octanol–water partition coefficient (Wildman–Crippen LogP) is 0.724. The largest absolute Gasteiger partial charge is 0.510 e. The monoisotopic (exact) mass is 199 g/mol. The molecule has 0 spiro atoms. The summed E-state index contributed by atoms with van der Waals surface area (Å²) in [7, 11) is 0. The fourth-order valence-corrected chi connectivity index (χ4v) is 1.68. The number of aliphatic hydroxyl groups is 2. The fraction of sp³-hybridized carbons (Fsp3) is 0.700. The van der Waals surface area contributed by atoms with E-state index in [9.17, 15) is 15.0 Å². The van der Waals surface area contributed by atoms with Gasteiger partial charge in [-0.2, -0.15) is 0 Å². The molecular formula is C10H17NO3. The van der Waals surface area contributed by atoms with Crippen LogP contribution in [0.2, 0.25) is 0 Å². The number of rotatable bonds is 3.